The summed E-state index contributed by atoms with van der Waals surface area (Å²) in [5.74, 6) is -0.797. The second kappa shape index (κ2) is 7.37. The van der Waals surface area contributed by atoms with E-state index in [2.05, 4.69) is 14.8 Å². The zero-order valence-electron chi connectivity index (χ0n) is 12.1. The number of halogens is 4. The van der Waals surface area contributed by atoms with Gasteiger partial charge in [-0.2, -0.15) is 13.2 Å². The lowest BCUT2D eigenvalue weighted by molar-refractivity contribution is -0.184. The number of carbonyl (C=O) groups excluding carboxylic acids is 1. The highest BCUT2D eigenvalue weighted by Crippen LogP contribution is 2.26. The average molecular weight is 375 g/mol. The summed E-state index contributed by atoms with van der Waals surface area (Å²) in [7, 11) is -3.52. The van der Waals surface area contributed by atoms with Crippen LogP contribution in [-0.2, 0) is 19.6 Å². The van der Waals surface area contributed by atoms with Crippen LogP contribution in [0.3, 0.4) is 0 Å². The van der Waals surface area contributed by atoms with Gasteiger partial charge in [-0.05, 0) is 25.1 Å². The summed E-state index contributed by atoms with van der Waals surface area (Å²) in [5, 5.41) is 2.33. The van der Waals surface area contributed by atoms with Crippen molar-refractivity contribution in [3.63, 3.8) is 0 Å². The van der Waals surface area contributed by atoms with Crippen molar-refractivity contribution in [3.8, 4) is 0 Å². The zero-order valence-corrected chi connectivity index (χ0v) is 13.6. The molecule has 0 fully saturated rings. The number of hydrogen-bond acceptors (Lipinski definition) is 4. The van der Waals surface area contributed by atoms with Crippen molar-refractivity contribution in [3.05, 3.63) is 23.2 Å². The van der Waals surface area contributed by atoms with Crippen LogP contribution in [0.25, 0.3) is 0 Å². The maximum absolute atomic E-state index is 12.0. The Kier molecular flexibility index (Phi) is 6.25. The molecule has 0 aromatic heterocycles. The summed E-state index contributed by atoms with van der Waals surface area (Å²) < 4.78 is 64.8. The third-order valence-corrected chi connectivity index (χ3v) is 3.30. The predicted octanol–water partition coefficient (Wildman–Crippen LogP) is 2.62. The summed E-state index contributed by atoms with van der Waals surface area (Å²) in [6, 6.07) is 3.90. The number of alkyl halides is 3. The highest BCUT2D eigenvalue weighted by molar-refractivity contribution is 7.92. The van der Waals surface area contributed by atoms with Crippen LogP contribution in [0.15, 0.2) is 18.2 Å². The van der Waals surface area contributed by atoms with Crippen molar-refractivity contribution in [1.82, 2.24) is 0 Å². The van der Waals surface area contributed by atoms with Crippen molar-refractivity contribution in [2.75, 3.05) is 22.9 Å². The average Bonchev–Trinajstić information content (AvgIpc) is 2.37. The normalized spacial score (nSPS) is 13.5. The first-order chi connectivity index (χ1) is 10.4. The fourth-order valence-corrected chi connectivity index (χ4v) is 2.28. The first-order valence-corrected chi connectivity index (χ1v) is 8.41. The number of sulfonamides is 1. The molecule has 1 atom stereocenters. The molecule has 0 saturated carbocycles. The van der Waals surface area contributed by atoms with Gasteiger partial charge in [0.1, 0.15) is 12.7 Å². The zero-order chi connectivity index (χ0) is 17.8. The molecule has 0 heterocycles. The minimum absolute atomic E-state index is 0.0112. The fraction of sp³-hybridized carbons (Fsp3) is 0.417. The molecule has 6 nitrogen and oxygen atoms in total. The monoisotopic (exact) mass is 374 g/mol. The number of nitrogens with one attached hydrogen (secondary N) is 2. The van der Waals surface area contributed by atoms with Crippen molar-refractivity contribution >= 4 is 38.9 Å². The van der Waals surface area contributed by atoms with E-state index >= 15 is 0 Å². The standard InChI is InChI=1S/C12H14ClF3N2O4S/c1-7(22-6-12(14,15)16)11(19)17-8-3-4-10(9(13)5-8)18-23(2,20)21/h3-5,7,18H,6H2,1-2H3,(H,17,19)/t7-/m0/s1. The number of anilines is 2. The highest BCUT2D eigenvalue weighted by Gasteiger charge is 2.29. The molecule has 0 aliphatic carbocycles. The molecule has 130 valence electrons. The second-order valence-corrected chi connectivity index (χ2v) is 6.78. The van der Waals surface area contributed by atoms with Crippen LogP contribution in [0.5, 0.6) is 0 Å². The van der Waals surface area contributed by atoms with E-state index in [0.29, 0.717) is 0 Å². The van der Waals surface area contributed by atoms with E-state index in [4.69, 9.17) is 11.6 Å². The molecule has 0 saturated heterocycles. The van der Waals surface area contributed by atoms with Crippen molar-refractivity contribution < 1.29 is 31.1 Å². The maximum atomic E-state index is 12.0. The van der Waals surface area contributed by atoms with Gasteiger partial charge in [0.25, 0.3) is 5.91 Å². The van der Waals surface area contributed by atoms with Gasteiger partial charge in [-0.1, -0.05) is 11.6 Å². The quantitative estimate of drug-likeness (QED) is 0.801. The number of ether oxygens (including phenoxy) is 1. The minimum atomic E-state index is -4.53. The Morgan fingerprint density at radius 1 is 1.39 bits per heavy atom. The SMILES string of the molecule is C[C@H](OCC(F)(F)F)C(=O)Nc1ccc(NS(C)(=O)=O)c(Cl)c1. The molecule has 1 aromatic rings. The molecule has 0 bridgehead atoms. The molecule has 2 N–H and O–H groups in total. The van der Waals surface area contributed by atoms with Crippen LogP contribution in [0.1, 0.15) is 6.92 Å². The topological polar surface area (TPSA) is 84.5 Å². The minimum Gasteiger partial charge on any atom is -0.359 e. The number of hydrogen-bond donors (Lipinski definition) is 2. The van der Waals surface area contributed by atoms with Crippen molar-refractivity contribution in [2.24, 2.45) is 0 Å². The first-order valence-electron chi connectivity index (χ1n) is 6.14. The van der Waals surface area contributed by atoms with E-state index in [1.54, 1.807) is 0 Å². The van der Waals surface area contributed by atoms with Crippen LogP contribution < -0.4 is 10.0 Å². The Morgan fingerprint density at radius 3 is 2.48 bits per heavy atom. The van der Waals surface area contributed by atoms with Crippen LogP contribution >= 0.6 is 11.6 Å². The van der Waals surface area contributed by atoms with E-state index in [0.717, 1.165) is 6.26 Å². The summed E-state index contributed by atoms with van der Waals surface area (Å²) in [6.07, 6.45) is -4.92. The molecule has 0 unspecified atom stereocenters. The van der Waals surface area contributed by atoms with E-state index < -0.39 is 34.8 Å². The van der Waals surface area contributed by atoms with Crippen molar-refractivity contribution in [1.29, 1.82) is 0 Å². The smallest absolute Gasteiger partial charge is 0.359 e. The molecular formula is C12H14ClF3N2O4S. The second-order valence-electron chi connectivity index (χ2n) is 4.63. The van der Waals surface area contributed by atoms with Crippen LogP contribution in [-0.4, -0.2) is 39.5 Å². The van der Waals surface area contributed by atoms with E-state index in [1.807, 2.05) is 0 Å². The Morgan fingerprint density at radius 2 is 2.00 bits per heavy atom. The third-order valence-electron chi connectivity index (χ3n) is 2.40. The lowest BCUT2D eigenvalue weighted by Crippen LogP contribution is -2.31. The van der Waals surface area contributed by atoms with Gasteiger partial charge < -0.3 is 10.1 Å². The summed E-state index contributed by atoms with van der Waals surface area (Å²) in [5.41, 5.74) is 0.287. The fourth-order valence-electron chi connectivity index (χ4n) is 1.41. The Labute approximate surface area is 136 Å². The molecule has 1 amide bonds. The van der Waals surface area contributed by atoms with Gasteiger partial charge in [0.05, 0.1) is 17.0 Å². The van der Waals surface area contributed by atoms with Gasteiger partial charge in [0.2, 0.25) is 10.0 Å². The van der Waals surface area contributed by atoms with Gasteiger partial charge in [0, 0.05) is 5.69 Å². The first kappa shape index (κ1) is 19.5. The number of amides is 1. The third kappa shape index (κ3) is 7.53. The van der Waals surface area contributed by atoms with E-state index in [-0.39, 0.29) is 16.4 Å². The van der Waals surface area contributed by atoms with Gasteiger partial charge in [0.15, 0.2) is 0 Å². The number of benzene rings is 1. The van der Waals surface area contributed by atoms with Gasteiger partial charge in [-0.15, -0.1) is 0 Å². The Balaban J connectivity index is 2.70. The summed E-state index contributed by atoms with van der Waals surface area (Å²) in [6.45, 7) is -0.373. The molecule has 0 aliphatic heterocycles. The van der Waals surface area contributed by atoms with Crippen LogP contribution in [0, 0.1) is 0 Å². The Bertz CT molecular complexity index is 679. The van der Waals surface area contributed by atoms with Crippen molar-refractivity contribution in [2.45, 2.75) is 19.2 Å². The van der Waals surface area contributed by atoms with Gasteiger partial charge >= 0.3 is 6.18 Å². The summed E-state index contributed by atoms with van der Waals surface area (Å²) >= 11 is 5.86. The predicted molar refractivity (Wildman–Crippen MR) is 80.0 cm³/mol. The molecule has 0 aliphatic rings. The number of rotatable bonds is 6. The molecule has 1 aromatic carbocycles. The molecule has 1 rings (SSSR count). The molecule has 11 heteroatoms. The highest BCUT2D eigenvalue weighted by atomic mass is 35.5. The maximum Gasteiger partial charge on any atom is 0.411 e. The molecule has 0 spiro atoms. The molecular weight excluding hydrogens is 361 g/mol. The number of carbonyl (C=O) groups is 1. The largest absolute Gasteiger partial charge is 0.411 e. The van der Waals surface area contributed by atoms with Crippen LogP contribution in [0.4, 0.5) is 24.5 Å². The van der Waals surface area contributed by atoms with E-state index in [1.165, 1.54) is 25.1 Å². The molecule has 23 heavy (non-hydrogen) atoms. The van der Waals surface area contributed by atoms with Crippen LogP contribution in [0.2, 0.25) is 5.02 Å². The Hall–Kier alpha value is -1.52. The van der Waals surface area contributed by atoms with Gasteiger partial charge in [-0.3, -0.25) is 9.52 Å². The van der Waals surface area contributed by atoms with E-state index in [9.17, 15) is 26.4 Å². The lowest BCUT2D eigenvalue weighted by Gasteiger charge is -2.15. The molecule has 0 radical (unpaired) electrons. The lowest BCUT2D eigenvalue weighted by atomic mass is 10.2. The summed E-state index contributed by atoms with van der Waals surface area (Å²) in [4.78, 5) is 11.7. The van der Waals surface area contributed by atoms with Gasteiger partial charge in [-0.25, -0.2) is 8.42 Å².